The van der Waals surface area contributed by atoms with E-state index in [2.05, 4.69) is 0 Å². The van der Waals surface area contributed by atoms with Crippen LogP contribution in [0.15, 0.2) is 0 Å². The third-order valence-corrected chi connectivity index (χ3v) is 2.55. The Morgan fingerprint density at radius 2 is 1.85 bits per heavy atom. The number of ether oxygens (including phenoxy) is 1. The molecule has 1 unspecified atom stereocenters. The highest BCUT2D eigenvalue weighted by atomic mass is 16.5. The van der Waals surface area contributed by atoms with Crippen LogP contribution in [0.2, 0.25) is 0 Å². The van der Waals surface area contributed by atoms with Crippen molar-refractivity contribution in [3.8, 4) is 0 Å². The first kappa shape index (κ1) is 12.4. The molecule has 0 bridgehead atoms. The summed E-state index contributed by atoms with van der Waals surface area (Å²) in [4.78, 5) is 11.5. The lowest BCUT2D eigenvalue weighted by atomic mass is 9.94. The van der Waals surface area contributed by atoms with Crippen molar-refractivity contribution in [1.82, 2.24) is 0 Å². The zero-order valence-corrected chi connectivity index (χ0v) is 9.09. The molecule has 3 nitrogen and oxygen atoms in total. The molecule has 78 valence electrons. The van der Waals surface area contributed by atoms with E-state index >= 15 is 0 Å². The average molecular weight is 187 g/mol. The van der Waals surface area contributed by atoms with Crippen molar-refractivity contribution in [1.29, 1.82) is 0 Å². The fourth-order valence-corrected chi connectivity index (χ4v) is 0.922. The molecular formula is C10H21NO2. The van der Waals surface area contributed by atoms with E-state index in [9.17, 15) is 4.79 Å². The van der Waals surface area contributed by atoms with E-state index in [-0.39, 0.29) is 12.1 Å². The highest BCUT2D eigenvalue weighted by Crippen LogP contribution is 2.14. The quantitative estimate of drug-likeness (QED) is 0.668. The second-order valence-electron chi connectivity index (χ2n) is 3.49. The van der Waals surface area contributed by atoms with Gasteiger partial charge in [-0.25, -0.2) is 0 Å². The van der Waals surface area contributed by atoms with Gasteiger partial charge in [0.15, 0.2) is 0 Å². The smallest absolute Gasteiger partial charge is 0.326 e. The lowest BCUT2D eigenvalue weighted by Gasteiger charge is -2.25. The zero-order chi connectivity index (χ0) is 10.5. The normalized spacial score (nSPS) is 13.9. The topological polar surface area (TPSA) is 52.3 Å². The Labute approximate surface area is 80.6 Å². The molecule has 0 rings (SSSR count). The molecule has 1 atom stereocenters. The Balaban J connectivity index is 4.22. The van der Waals surface area contributed by atoms with Crippen LogP contribution in [0.4, 0.5) is 0 Å². The van der Waals surface area contributed by atoms with Gasteiger partial charge < -0.3 is 10.5 Å². The van der Waals surface area contributed by atoms with Crippen LogP contribution < -0.4 is 5.73 Å². The molecule has 0 radical (unpaired) electrons. The number of hydrogen-bond acceptors (Lipinski definition) is 3. The molecule has 0 saturated carbocycles. The van der Waals surface area contributed by atoms with Crippen LogP contribution in [0.5, 0.6) is 0 Å². The Morgan fingerprint density at radius 3 is 2.15 bits per heavy atom. The predicted molar refractivity (Wildman–Crippen MR) is 53.3 cm³/mol. The summed E-state index contributed by atoms with van der Waals surface area (Å²) in [5.74, 6) is -0.271. The number of esters is 1. The second kappa shape index (κ2) is 5.22. The lowest BCUT2D eigenvalue weighted by molar-refractivity contribution is -0.155. The first-order valence-corrected chi connectivity index (χ1v) is 5.00. The van der Waals surface area contributed by atoms with Gasteiger partial charge in [0.2, 0.25) is 0 Å². The third kappa shape index (κ3) is 3.35. The van der Waals surface area contributed by atoms with E-state index in [1.54, 1.807) is 0 Å². The van der Waals surface area contributed by atoms with Crippen molar-refractivity contribution in [3.05, 3.63) is 0 Å². The molecule has 13 heavy (non-hydrogen) atoms. The van der Waals surface area contributed by atoms with Crippen LogP contribution in [0, 0.1) is 0 Å². The van der Waals surface area contributed by atoms with Gasteiger partial charge in [-0.2, -0.15) is 0 Å². The third-order valence-electron chi connectivity index (χ3n) is 2.55. The number of rotatable bonds is 5. The average Bonchev–Trinajstić information content (AvgIpc) is 2.16. The standard InChI is InChI=1S/C10H21NO2/c1-5-8(4)13-9(12)10(11,6-2)7-3/h8H,5-7,11H2,1-4H3. The maximum absolute atomic E-state index is 11.5. The van der Waals surface area contributed by atoms with Crippen molar-refractivity contribution >= 4 is 5.97 Å². The molecule has 0 fully saturated rings. The summed E-state index contributed by atoms with van der Waals surface area (Å²) in [6.07, 6.45) is 2.04. The minimum absolute atomic E-state index is 0.0338. The lowest BCUT2D eigenvalue weighted by Crippen LogP contribution is -2.48. The van der Waals surface area contributed by atoms with Crippen LogP contribution in [0.3, 0.4) is 0 Å². The fraction of sp³-hybridized carbons (Fsp3) is 0.900. The number of nitrogens with two attached hydrogens (primary N) is 1. The molecule has 0 aliphatic carbocycles. The molecule has 3 heteroatoms. The number of hydrogen-bond donors (Lipinski definition) is 1. The van der Waals surface area contributed by atoms with Gasteiger partial charge >= 0.3 is 5.97 Å². The maximum atomic E-state index is 11.5. The highest BCUT2D eigenvalue weighted by Gasteiger charge is 2.32. The zero-order valence-electron chi connectivity index (χ0n) is 9.09. The van der Waals surface area contributed by atoms with Gasteiger partial charge in [0, 0.05) is 0 Å². The van der Waals surface area contributed by atoms with Gasteiger partial charge in [-0.3, -0.25) is 4.79 Å². The van der Waals surface area contributed by atoms with Gasteiger partial charge in [-0.15, -0.1) is 0 Å². The van der Waals surface area contributed by atoms with Crippen molar-refractivity contribution in [2.75, 3.05) is 0 Å². The van der Waals surface area contributed by atoms with E-state index in [0.29, 0.717) is 12.8 Å². The van der Waals surface area contributed by atoms with Gasteiger partial charge in [-0.05, 0) is 26.2 Å². The Bertz CT molecular complexity index is 164. The summed E-state index contributed by atoms with van der Waals surface area (Å²) in [7, 11) is 0. The van der Waals surface area contributed by atoms with Gasteiger partial charge in [0.25, 0.3) is 0 Å². The molecule has 0 aliphatic rings. The van der Waals surface area contributed by atoms with Crippen LogP contribution in [-0.4, -0.2) is 17.6 Å². The molecule has 0 aliphatic heterocycles. The summed E-state index contributed by atoms with van der Waals surface area (Å²) in [6.45, 7) is 7.67. The molecule has 2 N–H and O–H groups in total. The molecule has 0 heterocycles. The van der Waals surface area contributed by atoms with Crippen LogP contribution in [0.1, 0.15) is 47.0 Å². The van der Waals surface area contributed by atoms with E-state index in [4.69, 9.17) is 10.5 Å². The number of carbonyl (C=O) groups is 1. The molecule has 0 amide bonds. The summed E-state index contributed by atoms with van der Waals surface area (Å²) in [5.41, 5.74) is 5.08. The van der Waals surface area contributed by atoms with Crippen molar-refractivity contribution < 1.29 is 9.53 Å². The van der Waals surface area contributed by atoms with E-state index in [1.165, 1.54) is 0 Å². The summed E-state index contributed by atoms with van der Waals surface area (Å²) in [5, 5.41) is 0. The van der Waals surface area contributed by atoms with Gasteiger partial charge in [0.05, 0.1) is 6.10 Å². The molecule has 0 aromatic carbocycles. The predicted octanol–water partition coefficient (Wildman–Crippen LogP) is 1.85. The van der Waals surface area contributed by atoms with Gasteiger partial charge in [0.1, 0.15) is 5.54 Å². The van der Waals surface area contributed by atoms with Crippen LogP contribution in [0.25, 0.3) is 0 Å². The summed E-state index contributed by atoms with van der Waals surface area (Å²) in [6, 6.07) is 0. The SMILES string of the molecule is CCC(C)OC(=O)C(N)(CC)CC. The summed E-state index contributed by atoms with van der Waals surface area (Å²) >= 11 is 0. The van der Waals surface area contributed by atoms with Crippen LogP contribution >= 0.6 is 0 Å². The Hall–Kier alpha value is -0.570. The minimum atomic E-state index is -0.788. The molecule has 0 aromatic rings. The van der Waals surface area contributed by atoms with Crippen molar-refractivity contribution in [2.24, 2.45) is 5.73 Å². The fourth-order valence-electron chi connectivity index (χ4n) is 0.922. The molecular weight excluding hydrogens is 166 g/mol. The van der Waals surface area contributed by atoms with Gasteiger partial charge in [-0.1, -0.05) is 20.8 Å². The first-order valence-electron chi connectivity index (χ1n) is 5.00. The highest BCUT2D eigenvalue weighted by molar-refractivity contribution is 5.80. The molecule has 0 aromatic heterocycles. The second-order valence-corrected chi connectivity index (χ2v) is 3.49. The largest absolute Gasteiger partial charge is 0.461 e. The van der Waals surface area contributed by atoms with E-state index in [1.807, 2.05) is 27.7 Å². The molecule has 0 saturated heterocycles. The molecule has 0 spiro atoms. The monoisotopic (exact) mass is 187 g/mol. The number of carbonyl (C=O) groups excluding carboxylic acids is 1. The van der Waals surface area contributed by atoms with Crippen molar-refractivity contribution in [2.45, 2.75) is 58.6 Å². The minimum Gasteiger partial charge on any atom is -0.461 e. The van der Waals surface area contributed by atoms with Crippen molar-refractivity contribution in [3.63, 3.8) is 0 Å². The van der Waals surface area contributed by atoms with E-state index in [0.717, 1.165) is 6.42 Å². The summed E-state index contributed by atoms with van der Waals surface area (Å²) < 4.78 is 5.18. The first-order chi connectivity index (χ1) is 6.00. The Morgan fingerprint density at radius 1 is 1.38 bits per heavy atom. The van der Waals surface area contributed by atoms with Crippen LogP contribution in [-0.2, 0) is 9.53 Å². The maximum Gasteiger partial charge on any atom is 0.326 e. The van der Waals surface area contributed by atoms with E-state index < -0.39 is 5.54 Å². The Kier molecular flexibility index (Phi) is 4.99.